The molecule has 0 aromatic rings. The highest BCUT2D eigenvalue weighted by Crippen LogP contribution is 2.49. The maximum Gasteiger partial charge on any atom is 0.220 e. The molecule has 1 N–H and O–H groups in total. The standard InChI is InChI=1S/C14H23NO3S/c16-14(7-13-6-10-1-2-12(13)5-10)15-8-11-3-4-19(17,18)9-11/h10-13H,1-9H2,(H,15,16). The Hall–Kier alpha value is -0.580. The van der Waals surface area contributed by atoms with Gasteiger partial charge in [-0.05, 0) is 49.4 Å². The number of nitrogens with one attached hydrogen (secondary N) is 1. The lowest BCUT2D eigenvalue weighted by atomic mass is 9.86. The molecule has 0 radical (unpaired) electrons. The Morgan fingerprint density at radius 2 is 2.00 bits per heavy atom. The number of amides is 1. The highest BCUT2D eigenvalue weighted by atomic mass is 32.2. The molecule has 5 heteroatoms. The van der Waals surface area contributed by atoms with Gasteiger partial charge >= 0.3 is 0 Å². The Kier molecular flexibility index (Phi) is 3.58. The first kappa shape index (κ1) is 13.4. The molecule has 2 saturated carbocycles. The second-order valence-electron chi connectivity index (χ2n) is 6.71. The third-order valence-electron chi connectivity index (χ3n) is 5.25. The minimum absolute atomic E-state index is 0.127. The van der Waals surface area contributed by atoms with E-state index >= 15 is 0 Å². The molecule has 1 heterocycles. The van der Waals surface area contributed by atoms with Crippen LogP contribution in [0.2, 0.25) is 0 Å². The molecule has 3 rings (SSSR count). The second-order valence-corrected chi connectivity index (χ2v) is 8.94. The van der Waals surface area contributed by atoms with E-state index in [1.807, 2.05) is 0 Å². The molecule has 3 fully saturated rings. The minimum atomic E-state index is -2.82. The number of sulfone groups is 1. The zero-order valence-corrected chi connectivity index (χ0v) is 12.1. The fourth-order valence-corrected chi connectivity index (χ4v) is 6.09. The number of hydrogen-bond acceptors (Lipinski definition) is 3. The van der Waals surface area contributed by atoms with Crippen LogP contribution in [0.25, 0.3) is 0 Å². The maximum absolute atomic E-state index is 11.9. The maximum atomic E-state index is 11.9. The van der Waals surface area contributed by atoms with Crippen LogP contribution in [-0.4, -0.2) is 32.4 Å². The Morgan fingerprint density at radius 3 is 2.58 bits per heavy atom. The zero-order chi connectivity index (χ0) is 13.5. The molecular weight excluding hydrogens is 262 g/mol. The third kappa shape index (κ3) is 3.12. The van der Waals surface area contributed by atoms with Crippen LogP contribution in [0.1, 0.15) is 38.5 Å². The van der Waals surface area contributed by atoms with Crippen LogP contribution >= 0.6 is 0 Å². The largest absolute Gasteiger partial charge is 0.356 e. The van der Waals surface area contributed by atoms with Crippen molar-refractivity contribution in [2.75, 3.05) is 18.1 Å². The summed E-state index contributed by atoms with van der Waals surface area (Å²) in [7, 11) is -2.82. The van der Waals surface area contributed by atoms with E-state index in [1.165, 1.54) is 25.7 Å². The van der Waals surface area contributed by atoms with E-state index < -0.39 is 9.84 Å². The molecule has 1 aliphatic heterocycles. The van der Waals surface area contributed by atoms with E-state index in [4.69, 9.17) is 0 Å². The van der Waals surface area contributed by atoms with E-state index in [2.05, 4.69) is 5.32 Å². The summed E-state index contributed by atoms with van der Waals surface area (Å²) < 4.78 is 22.7. The molecule has 3 aliphatic rings. The molecule has 108 valence electrons. The quantitative estimate of drug-likeness (QED) is 0.848. The van der Waals surface area contributed by atoms with Gasteiger partial charge in [0.05, 0.1) is 11.5 Å². The predicted octanol–water partition coefficient (Wildman–Crippen LogP) is 1.36. The number of hydrogen-bond donors (Lipinski definition) is 1. The van der Waals surface area contributed by atoms with Crippen LogP contribution in [0.3, 0.4) is 0 Å². The van der Waals surface area contributed by atoms with Gasteiger partial charge in [0, 0.05) is 13.0 Å². The average Bonchev–Trinajstić information content (AvgIpc) is 3.01. The molecule has 4 unspecified atom stereocenters. The van der Waals surface area contributed by atoms with Crippen LogP contribution < -0.4 is 5.32 Å². The SMILES string of the molecule is O=C(CC1CC2CCC1C2)NCC1CCS(=O)(=O)C1. The number of rotatable bonds is 4. The Morgan fingerprint density at radius 1 is 1.16 bits per heavy atom. The predicted molar refractivity (Wildman–Crippen MR) is 73.3 cm³/mol. The van der Waals surface area contributed by atoms with Crippen molar-refractivity contribution in [3.05, 3.63) is 0 Å². The first-order valence-electron chi connectivity index (χ1n) is 7.49. The molecule has 4 nitrogen and oxygen atoms in total. The van der Waals surface area contributed by atoms with Gasteiger partial charge in [-0.3, -0.25) is 4.79 Å². The Bertz CT molecular complexity index is 459. The summed E-state index contributed by atoms with van der Waals surface area (Å²) in [5, 5.41) is 2.95. The monoisotopic (exact) mass is 285 g/mol. The lowest BCUT2D eigenvalue weighted by Crippen LogP contribution is -2.32. The van der Waals surface area contributed by atoms with Gasteiger partial charge < -0.3 is 5.32 Å². The fourth-order valence-electron chi connectivity index (χ4n) is 4.23. The highest BCUT2D eigenvalue weighted by Gasteiger charge is 2.40. The van der Waals surface area contributed by atoms with E-state index in [1.54, 1.807) is 0 Å². The van der Waals surface area contributed by atoms with Gasteiger partial charge in [0.2, 0.25) is 5.91 Å². The topological polar surface area (TPSA) is 63.2 Å². The number of carbonyl (C=O) groups is 1. The van der Waals surface area contributed by atoms with Gasteiger partial charge in [-0.1, -0.05) is 6.42 Å². The average molecular weight is 285 g/mol. The Balaban J connectivity index is 1.40. The summed E-state index contributed by atoms with van der Waals surface area (Å²) in [6, 6.07) is 0. The summed E-state index contributed by atoms with van der Waals surface area (Å²) >= 11 is 0. The number of carbonyl (C=O) groups excluding carboxylic acids is 1. The van der Waals surface area contributed by atoms with Crippen LogP contribution in [0.4, 0.5) is 0 Å². The molecule has 1 amide bonds. The molecule has 0 aromatic heterocycles. The summed E-state index contributed by atoms with van der Waals surface area (Å²) in [4.78, 5) is 11.9. The van der Waals surface area contributed by atoms with Gasteiger partial charge in [-0.15, -0.1) is 0 Å². The molecule has 1 saturated heterocycles. The van der Waals surface area contributed by atoms with E-state index in [0.717, 1.165) is 11.8 Å². The van der Waals surface area contributed by atoms with Crippen LogP contribution in [-0.2, 0) is 14.6 Å². The van der Waals surface area contributed by atoms with Gasteiger partial charge in [0.25, 0.3) is 0 Å². The van der Waals surface area contributed by atoms with Gasteiger partial charge in [-0.2, -0.15) is 0 Å². The van der Waals surface area contributed by atoms with Crippen molar-refractivity contribution in [3.63, 3.8) is 0 Å². The van der Waals surface area contributed by atoms with Crippen molar-refractivity contribution in [2.45, 2.75) is 38.5 Å². The third-order valence-corrected chi connectivity index (χ3v) is 7.08. The molecule has 0 aromatic carbocycles. The summed E-state index contributed by atoms with van der Waals surface area (Å²) in [6.45, 7) is 0.541. The lowest BCUT2D eigenvalue weighted by molar-refractivity contribution is -0.122. The summed E-state index contributed by atoms with van der Waals surface area (Å²) in [5.41, 5.74) is 0. The first-order chi connectivity index (χ1) is 9.02. The molecule has 0 spiro atoms. The minimum Gasteiger partial charge on any atom is -0.356 e. The van der Waals surface area contributed by atoms with Crippen LogP contribution in [0.5, 0.6) is 0 Å². The molecule has 19 heavy (non-hydrogen) atoms. The van der Waals surface area contributed by atoms with Gasteiger partial charge in [0.15, 0.2) is 9.84 Å². The van der Waals surface area contributed by atoms with Crippen molar-refractivity contribution in [1.82, 2.24) is 5.32 Å². The van der Waals surface area contributed by atoms with Crippen molar-refractivity contribution in [3.8, 4) is 0 Å². The zero-order valence-electron chi connectivity index (χ0n) is 11.3. The lowest BCUT2D eigenvalue weighted by Gasteiger charge is -2.21. The Labute approximate surface area is 115 Å². The highest BCUT2D eigenvalue weighted by molar-refractivity contribution is 7.91. The van der Waals surface area contributed by atoms with E-state index in [9.17, 15) is 13.2 Å². The van der Waals surface area contributed by atoms with Crippen molar-refractivity contribution < 1.29 is 13.2 Å². The number of fused-ring (bicyclic) bond motifs is 2. The van der Waals surface area contributed by atoms with Crippen molar-refractivity contribution in [1.29, 1.82) is 0 Å². The van der Waals surface area contributed by atoms with E-state index in [0.29, 0.717) is 31.1 Å². The fraction of sp³-hybridized carbons (Fsp3) is 0.929. The van der Waals surface area contributed by atoms with Crippen molar-refractivity contribution in [2.24, 2.45) is 23.7 Å². The summed E-state index contributed by atoms with van der Waals surface area (Å²) in [6.07, 6.45) is 6.60. The van der Waals surface area contributed by atoms with E-state index in [-0.39, 0.29) is 17.6 Å². The molecule has 2 aliphatic carbocycles. The second kappa shape index (κ2) is 5.08. The summed E-state index contributed by atoms with van der Waals surface area (Å²) in [5.74, 6) is 3.05. The van der Waals surface area contributed by atoms with Gasteiger partial charge in [-0.25, -0.2) is 8.42 Å². The first-order valence-corrected chi connectivity index (χ1v) is 9.31. The van der Waals surface area contributed by atoms with Crippen LogP contribution in [0.15, 0.2) is 0 Å². The van der Waals surface area contributed by atoms with Crippen molar-refractivity contribution >= 4 is 15.7 Å². The smallest absolute Gasteiger partial charge is 0.220 e. The normalized spacial score (nSPS) is 39.6. The molecule has 4 atom stereocenters. The van der Waals surface area contributed by atoms with Crippen LogP contribution in [0, 0.1) is 23.7 Å². The van der Waals surface area contributed by atoms with Gasteiger partial charge in [0.1, 0.15) is 0 Å². The molecule has 2 bridgehead atoms. The molecular formula is C14H23NO3S.